The number of carbonyl (C=O) groups is 3. The topological polar surface area (TPSA) is 105 Å². The van der Waals surface area contributed by atoms with Gasteiger partial charge in [-0.05, 0) is 46.1 Å². The van der Waals surface area contributed by atoms with Crippen molar-refractivity contribution in [2.24, 2.45) is 5.41 Å². The second kappa shape index (κ2) is 11.0. The number of hydrogen-bond donors (Lipinski definition) is 3. The molecule has 8 heteroatoms. The van der Waals surface area contributed by atoms with Crippen molar-refractivity contribution in [1.82, 2.24) is 10.6 Å². The molecule has 3 rings (SSSR count). The van der Waals surface area contributed by atoms with Crippen LogP contribution >= 0.6 is 11.8 Å². The summed E-state index contributed by atoms with van der Waals surface area (Å²) in [6.07, 6.45) is 1.55. The van der Waals surface area contributed by atoms with E-state index in [0.29, 0.717) is 12.2 Å². The van der Waals surface area contributed by atoms with Crippen LogP contribution in [0.5, 0.6) is 0 Å². The molecule has 2 amide bonds. The van der Waals surface area contributed by atoms with Crippen LogP contribution in [0.1, 0.15) is 44.2 Å². The van der Waals surface area contributed by atoms with Gasteiger partial charge in [0, 0.05) is 5.92 Å². The lowest BCUT2D eigenvalue weighted by molar-refractivity contribution is -0.145. The van der Waals surface area contributed by atoms with Crippen molar-refractivity contribution in [2.75, 3.05) is 18.6 Å². The van der Waals surface area contributed by atoms with Crippen molar-refractivity contribution < 1.29 is 24.2 Å². The lowest BCUT2D eigenvalue weighted by Gasteiger charge is -2.29. The number of ether oxygens (including phenoxy) is 1. The number of carbonyl (C=O) groups excluding carboxylic acids is 2. The van der Waals surface area contributed by atoms with E-state index in [4.69, 9.17) is 4.74 Å². The van der Waals surface area contributed by atoms with E-state index in [1.165, 1.54) is 11.8 Å². The maximum absolute atomic E-state index is 12.9. The number of nitrogens with one attached hydrogen (secondary N) is 2. The molecule has 0 radical (unpaired) electrons. The zero-order valence-corrected chi connectivity index (χ0v) is 20.8. The third-order valence-corrected chi connectivity index (χ3v) is 6.61. The first-order valence-corrected chi connectivity index (χ1v) is 12.7. The van der Waals surface area contributed by atoms with E-state index >= 15 is 0 Å². The van der Waals surface area contributed by atoms with Crippen molar-refractivity contribution in [2.45, 2.75) is 45.2 Å². The van der Waals surface area contributed by atoms with E-state index in [2.05, 4.69) is 22.8 Å². The van der Waals surface area contributed by atoms with Crippen LogP contribution in [0.25, 0.3) is 11.1 Å². The first kappa shape index (κ1) is 25.6. The van der Waals surface area contributed by atoms with Crippen LogP contribution in [-0.2, 0) is 14.3 Å². The summed E-state index contributed by atoms with van der Waals surface area (Å²) >= 11 is 1.54. The lowest BCUT2D eigenvalue weighted by Crippen LogP contribution is -2.55. The van der Waals surface area contributed by atoms with Crippen molar-refractivity contribution in [1.29, 1.82) is 0 Å². The van der Waals surface area contributed by atoms with Gasteiger partial charge in [-0.25, -0.2) is 9.59 Å². The Balaban J connectivity index is 1.67. The molecule has 0 bridgehead atoms. The largest absolute Gasteiger partial charge is 0.480 e. The molecule has 0 aliphatic heterocycles. The van der Waals surface area contributed by atoms with E-state index < -0.39 is 35.5 Å². The molecular weight excluding hydrogens is 452 g/mol. The van der Waals surface area contributed by atoms with Crippen LogP contribution in [-0.4, -0.2) is 53.8 Å². The number of aliphatic carboxylic acids is 1. The first-order valence-electron chi connectivity index (χ1n) is 11.3. The highest BCUT2D eigenvalue weighted by Crippen LogP contribution is 2.44. The summed E-state index contributed by atoms with van der Waals surface area (Å²) in [4.78, 5) is 37.2. The third-order valence-electron chi connectivity index (χ3n) is 5.96. The van der Waals surface area contributed by atoms with E-state index in [1.807, 2.05) is 42.7 Å². The Morgan fingerprint density at radius 2 is 1.56 bits per heavy atom. The average molecular weight is 485 g/mol. The number of hydrogen-bond acceptors (Lipinski definition) is 5. The van der Waals surface area contributed by atoms with Gasteiger partial charge < -0.3 is 20.5 Å². The summed E-state index contributed by atoms with van der Waals surface area (Å²) in [6, 6.07) is 14.1. The zero-order chi connectivity index (χ0) is 24.9. The molecule has 1 aliphatic carbocycles. The van der Waals surface area contributed by atoms with Crippen molar-refractivity contribution in [3.05, 3.63) is 59.7 Å². The number of benzene rings is 2. The van der Waals surface area contributed by atoms with Crippen LogP contribution in [0.3, 0.4) is 0 Å². The molecule has 0 fully saturated rings. The van der Waals surface area contributed by atoms with Gasteiger partial charge >= 0.3 is 12.1 Å². The van der Waals surface area contributed by atoms with E-state index in [0.717, 1.165) is 22.3 Å². The molecule has 0 saturated heterocycles. The van der Waals surface area contributed by atoms with Gasteiger partial charge in [-0.2, -0.15) is 11.8 Å². The Hall–Kier alpha value is -3.00. The van der Waals surface area contributed by atoms with Gasteiger partial charge in [0.05, 0.1) is 0 Å². The van der Waals surface area contributed by atoms with Gasteiger partial charge in [0.15, 0.2) is 0 Å². The van der Waals surface area contributed by atoms with E-state index in [9.17, 15) is 19.5 Å². The monoisotopic (exact) mass is 484 g/mol. The van der Waals surface area contributed by atoms with Crippen LogP contribution in [0.15, 0.2) is 48.5 Å². The Bertz CT molecular complexity index is 1000. The maximum atomic E-state index is 12.9. The molecule has 2 atom stereocenters. The third kappa shape index (κ3) is 5.91. The molecule has 0 spiro atoms. The number of thioether (sulfide) groups is 1. The fourth-order valence-corrected chi connectivity index (χ4v) is 4.65. The minimum atomic E-state index is -1.12. The Morgan fingerprint density at radius 3 is 2.06 bits per heavy atom. The molecule has 0 heterocycles. The second-order valence-electron chi connectivity index (χ2n) is 9.45. The summed E-state index contributed by atoms with van der Waals surface area (Å²) in [6.45, 7) is 5.35. The number of carboxylic acid groups (broad SMARTS) is 1. The number of rotatable bonds is 9. The van der Waals surface area contributed by atoms with Crippen molar-refractivity contribution in [3.8, 4) is 11.1 Å². The van der Waals surface area contributed by atoms with Crippen LogP contribution in [0.2, 0.25) is 0 Å². The molecule has 2 aromatic carbocycles. The minimum absolute atomic E-state index is 0.0890. The summed E-state index contributed by atoms with van der Waals surface area (Å²) in [5.41, 5.74) is 3.78. The van der Waals surface area contributed by atoms with Crippen molar-refractivity contribution >= 4 is 29.7 Å². The predicted octanol–water partition coefficient (Wildman–Crippen LogP) is 4.26. The molecule has 0 saturated carbocycles. The highest BCUT2D eigenvalue weighted by atomic mass is 32.2. The smallest absolute Gasteiger partial charge is 0.407 e. The molecular formula is C26H32N2O5S. The quantitative estimate of drug-likeness (QED) is 0.491. The molecule has 0 unspecified atom stereocenters. The molecule has 0 aromatic heterocycles. The lowest BCUT2D eigenvalue weighted by atomic mass is 9.86. The standard InChI is InChI=1S/C26H32N2O5S/c1-26(2,3)22(24(30)31)28-23(29)21(13-14-34-4)27-25(32)33-15-20-18-11-7-5-9-16(18)17-10-6-8-12-19(17)20/h5-12,20-22H,13-15H2,1-4H3,(H,27,32)(H,28,29)(H,30,31)/t21-,22-/m0/s1. The molecule has 182 valence electrons. The molecule has 3 N–H and O–H groups in total. The normalized spacial score (nSPS) is 14.5. The van der Waals surface area contributed by atoms with Gasteiger partial charge in [-0.15, -0.1) is 0 Å². The number of alkyl carbamates (subject to hydrolysis) is 1. The van der Waals surface area contributed by atoms with E-state index in [-0.39, 0.29) is 12.5 Å². The molecule has 34 heavy (non-hydrogen) atoms. The fourth-order valence-electron chi connectivity index (χ4n) is 4.18. The number of amides is 2. The number of carboxylic acids is 1. The Morgan fingerprint density at radius 1 is 1.00 bits per heavy atom. The van der Waals surface area contributed by atoms with Gasteiger partial charge in [-0.3, -0.25) is 4.79 Å². The Labute approximate surface area is 204 Å². The van der Waals surface area contributed by atoms with Gasteiger partial charge in [0.1, 0.15) is 18.7 Å². The Kier molecular flexibility index (Phi) is 8.25. The van der Waals surface area contributed by atoms with Crippen LogP contribution in [0, 0.1) is 5.41 Å². The summed E-state index contributed by atoms with van der Waals surface area (Å²) < 4.78 is 5.57. The minimum Gasteiger partial charge on any atom is -0.480 e. The molecule has 1 aliphatic rings. The highest BCUT2D eigenvalue weighted by Gasteiger charge is 2.35. The van der Waals surface area contributed by atoms with Crippen molar-refractivity contribution in [3.63, 3.8) is 0 Å². The van der Waals surface area contributed by atoms with Gasteiger partial charge in [0.2, 0.25) is 5.91 Å². The summed E-state index contributed by atoms with van der Waals surface area (Å²) in [5, 5.41) is 14.7. The SMILES string of the molecule is CSCC[C@H](NC(=O)OCC1c2ccccc2-c2ccccc21)C(=O)N[C@@H](C(=O)O)C(C)(C)C. The van der Waals surface area contributed by atoms with Gasteiger partial charge in [-0.1, -0.05) is 69.3 Å². The summed E-state index contributed by atoms with van der Waals surface area (Å²) in [7, 11) is 0. The van der Waals surface area contributed by atoms with Crippen LogP contribution in [0.4, 0.5) is 4.79 Å². The second-order valence-corrected chi connectivity index (χ2v) is 10.4. The predicted molar refractivity (Wildman–Crippen MR) is 134 cm³/mol. The molecule has 2 aromatic rings. The van der Waals surface area contributed by atoms with Crippen LogP contribution < -0.4 is 10.6 Å². The fraction of sp³-hybridized carbons (Fsp3) is 0.423. The average Bonchev–Trinajstić information content (AvgIpc) is 3.11. The highest BCUT2D eigenvalue weighted by molar-refractivity contribution is 7.98. The number of fused-ring (bicyclic) bond motifs is 3. The zero-order valence-electron chi connectivity index (χ0n) is 20.0. The molecule has 7 nitrogen and oxygen atoms in total. The maximum Gasteiger partial charge on any atom is 0.407 e. The van der Waals surface area contributed by atoms with Gasteiger partial charge in [0.25, 0.3) is 0 Å². The summed E-state index contributed by atoms with van der Waals surface area (Å²) in [5.74, 6) is -1.13. The first-order chi connectivity index (χ1) is 16.1. The van der Waals surface area contributed by atoms with E-state index in [1.54, 1.807) is 20.8 Å².